The molecule has 6 nitrogen and oxygen atoms in total. The molecular weight excluding hydrogens is 410 g/mol. The van der Waals surface area contributed by atoms with Crippen molar-refractivity contribution in [2.45, 2.75) is 19.9 Å². The third-order valence-corrected chi connectivity index (χ3v) is 3.46. The molecule has 0 amide bonds. The first-order chi connectivity index (χ1) is 10.6. The molecule has 1 heterocycles. The molecule has 0 fully saturated rings. The Morgan fingerprint density at radius 2 is 2.00 bits per heavy atom. The van der Waals surface area contributed by atoms with E-state index < -0.39 is 0 Å². The summed E-state index contributed by atoms with van der Waals surface area (Å²) in [6, 6.07) is 6.78. The van der Waals surface area contributed by atoms with Crippen LogP contribution in [0.25, 0.3) is 0 Å². The van der Waals surface area contributed by atoms with Crippen LogP contribution in [0.1, 0.15) is 17.2 Å². The minimum Gasteiger partial charge on any atom is -0.356 e. The van der Waals surface area contributed by atoms with E-state index in [0.29, 0.717) is 31.0 Å². The van der Waals surface area contributed by atoms with Crippen LogP contribution in [0.15, 0.2) is 29.3 Å². The zero-order chi connectivity index (χ0) is 15.9. The largest absolute Gasteiger partial charge is 0.356 e. The Balaban J connectivity index is 0.00000264. The van der Waals surface area contributed by atoms with Crippen LogP contribution in [-0.4, -0.2) is 34.3 Å². The lowest BCUT2D eigenvalue weighted by atomic mass is 10.1. The second-order valence-electron chi connectivity index (χ2n) is 4.92. The zero-order valence-corrected chi connectivity index (χ0v) is 15.8. The second-order valence-corrected chi connectivity index (χ2v) is 4.92. The molecule has 1 aromatic heterocycles. The number of hydrogen-bond acceptors (Lipinski definition) is 3. The molecule has 0 radical (unpaired) electrons. The van der Waals surface area contributed by atoms with Crippen LogP contribution in [-0.2, 0) is 20.0 Å². The summed E-state index contributed by atoms with van der Waals surface area (Å²) < 4.78 is 15.4. The monoisotopic (exact) mass is 432 g/mol. The number of hydrogen-bond donors (Lipinski definition) is 2. The van der Waals surface area contributed by atoms with E-state index in [-0.39, 0.29) is 29.8 Å². The number of aryl methyl sites for hydroxylation is 1. The quantitative estimate of drug-likeness (QED) is 0.430. The predicted molar refractivity (Wildman–Crippen MR) is 99.5 cm³/mol. The van der Waals surface area contributed by atoms with Crippen molar-refractivity contribution in [2.75, 3.05) is 13.6 Å². The number of nitrogens with zero attached hydrogens (tertiary/aromatic N) is 4. The normalized spacial score (nSPS) is 11.0. The Morgan fingerprint density at radius 3 is 2.61 bits per heavy atom. The maximum Gasteiger partial charge on any atom is 0.191 e. The average molecular weight is 432 g/mol. The van der Waals surface area contributed by atoms with E-state index in [1.165, 1.54) is 6.07 Å². The number of benzene rings is 1. The van der Waals surface area contributed by atoms with Gasteiger partial charge >= 0.3 is 0 Å². The summed E-state index contributed by atoms with van der Waals surface area (Å²) in [6.07, 6.45) is 0.594. The molecule has 0 aliphatic carbocycles. The van der Waals surface area contributed by atoms with Crippen LogP contribution < -0.4 is 10.6 Å². The van der Waals surface area contributed by atoms with E-state index in [0.717, 1.165) is 11.6 Å². The Morgan fingerprint density at radius 1 is 1.26 bits per heavy atom. The Hall–Kier alpha value is -1.71. The van der Waals surface area contributed by atoms with Crippen LogP contribution >= 0.6 is 24.0 Å². The second kappa shape index (κ2) is 9.43. The average Bonchev–Trinajstić information content (AvgIpc) is 2.84. The van der Waals surface area contributed by atoms with E-state index in [4.69, 9.17) is 0 Å². The molecule has 0 aliphatic rings. The molecule has 0 bridgehead atoms. The van der Waals surface area contributed by atoms with E-state index in [1.54, 1.807) is 19.2 Å². The van der Waals surface area contributed by atoms with Crippen LogP contribution in [0.4, 0.5) is 4.39 Å². The summed E-state index contributed by atoms with van der Waals surface area (Å²) in [4.78, 5) is 4.14. The Kier molecular flexibility index (Phi) is 7.93. The SMILES string of the molecule is CN=C(NCCc1ccccc1F)NCc1nnc(C)n1C.I. The van der Waals surface area contributed by atoms with Gasteiger partial charge in [-0.25, -0.2) is 4.39 Å². The first kappa shape index (κ1) is 19.3. The fourth-order valence-electron chi connectivity index (χ4n) is 2.01. The molecule has 0 saturated carbocycles. The highest BCUT2D eigenvalue weighted by atomic mass is 127. The summed E-state index contributed by atoms with van der Waals surface area (Å²) in [5.74, 6) is 2.16. The Labute approximate surface area is 152 Å². The molecule has 2 N–H and O–H groups in total. The minimum atomic E-state index is -0.179. The molecule has 0 saturated heterocycles. The highest BCUT2D eigenvalue weighted by Gasteiger charge is 2.06. The van der Waals surface area contributed by atoms with E-state index in [1.807, 2.05) is 24.6 Å². The van der Waals surface area contributed by atoms with Crippen molar-refractivity contribution in [1.29, 1.82) is 0 Å². The van der Waals surface area contributed by atoms with Crippen molar-refractivity contribution in [3.63, 3.8) is 0 Å². The summed E-state index contributed by atoms with van der Waals surface area (Å²) in [5.41, 5.74) is 0.689. The number of aliphatic imine (C=N–C) groups is 1. The van der Waals surface area contributed by atoms with Gasteiger partial charge in [0.25, 0.3) is 0 Å². The summed E-state index contributed by atoms with van der Waals surface area (Å²) in [6.45, 7) is 3.02. The Bertz CT molecular complexity index is 655. The van der Waals surface area contributed by atoms with Gasteiger partial charge in [-0.3, -0.25) is 4.99 Å². The van der Waals surface area contributed by atoms with Gasteiger partial charge in [0.2, 0.25) is 0 Å². The van der Waals surface area contributed by atoms with Crippen molar-refractivity contribution < 1.29 is 4.39 Å². The topological polar surface area (TPSA) is 67.1 Å². The number of aromatic nitrogens is 3. The zero-order valence-electron chi connectivity index (χ0n) is 13.5. The van der Waals surface area contributed by atoms with Crippen molar-refractivity contribution in [1.82, 2.24) is 25.4 Å². The number of rotatable bonds is 5. The van der Waals surface area contributed by atoms with Crippen molar-refractivity contribution in [2.24, 2.45) is 12.0 Å². The number of halogens is 2. The molecule has 1 aromatic carbocycles. The molecule has 126 valence electrons. The predicted octanol–water partition coefficient (Wildman–Crippen LogP) is 1.79. The van der Waals surface area contributed by atoms with Gasteiger partial charge in [0.1, 0.15) is 11.6 Å². The fourth-order valence-corrected chi connectivity index (χ4v) is 2.01. The van der Waals surface area contributed by atoms with Crippen molar-refractivity contribution in [3.8, 4) is 0 Å². The molecule has 0 spiro atoms. The van der Waals surface area contributed by atoms with Crippen molar-refractivity contribution >= 4 is 29.9 Å². The highest BCUT2D eigenvalue weighted by molar-refractivity contribution is 14.0. The van der Waals surface area contributed by atoms with Gasteiger partial charge in [-0.2, -0.15) is 0 Å². The minimum absolute atomic E-state index is 0. The molecular formula is C15H22FIN6. The van der Waals surface area contributed by atoms with Gasteiger partial charge in [-0.05, 0) is 25.0 Å². The van der Waals surface area contributed by atoms with Gasteiger partial charge in [-0.1, -0.05) is 18.2 Å². The van der Waals surface area contributed by atoms with Gasteiger partial charge in [0, 0.05) is 20.6 Å². The van der Waals surface area contributed by atoms with Crippen LogP contribution in [0.5, 0.6) is 0 Å². The molecule has 8 heteroatoms. The maximum absolute atomic E-state index is 13.5. The standard InChI is InChI=1S/C15H21FN6.HI/c1-11-20-21-14(22(11)3)10-19-15(17-2)18-9-8-12-6-4-5-7-13(12)16;/h4-7H,8-10H2,1-3H3,(H2,17,18,19);1H. The molecule has 23 heavy (non-hydrogen) atoms. The summed E-state index contributed by atoms with van der Waals surface area (Å²) in [7, 11) is 3.61. The smallest absolute Gasteiger partial charge is 0.191 e. The highest BCUT2D eigenvalue weighted by Crippen LogP contribution is 2.06. The molecule has 0 unspecified atom stereocenters. The van der Waals surface area contributed by atoms with Crippen LogP contribution in [0.3, 0.4) is 0 Å². The van der Waals surface area contributed by atoms with E-state index in [2.05, 4.69) is 25.8 Å². The van der Waals surface area contributed by atoms with Crippen LogP contribution in [0.2, 0.25) is 0 Å². The first-order valence-corrected chi connectivity index (χ1v) is 7.14. The number of nitrogens with one attached hydrogen (secondary N) is 2. The first-order valence-electron chi connectivity index (χ1n) is 7.14. The van der Waals surface area contributed by atoms with Gasteiger partial charge < -0.3 is 15.2 Å². The van der Waals surface area contributed by atoms with Gasteiger partial charge in [0.15, 0.2) is 11.8 Å². The van der Waals surface area contributed by atoms with Crippen LogP contribution in [0, 0.1) is 12.7 Å². The van der Waals surface area contributed by atoms with Gasteiger partial charge in [0.05, 0.1) is 6.54 Å². The lowest BCUT2D eigenvalue weighted by molar-refractivity contribution is 0.606. The van der Waals surface area contributed by atoms with Crippen molar-refractivity contribution in [3.05, 3.63) is 47.3 Å². The third kappa shape index (κ3) is 5.45. The van der Waals surface area contributed by atoms with Gasteiger partial charge in [-0.15, -0.1) is 34.2 Å². The summed E-state index contributed by atoms with van der Waals surface area (Å²) in [5, 5.41) is 14.4. The third-order valence-electron chi connectivity index (χ3n) is 3.46. The lowest BCUT2D eigenvalue weighted by Crippen LogP contribution is -2.38. The fraction of sp³-hybridized carbons (Fsp3) is 0.400. The lowest BCUT2D eigenvalue weighted by Gasteiger charge is -2.11. The molecule has 0 aliphatic heterocycles. The maximum atomic E-state index is 13.5. The van der Waals surface area contributed by atoms with E-state index >= 15 is 0 Å². The molecule has 0 atom stereocenters. The molecule has 2 rings (SSSR count). The van der Waals surface area contributed by atoms with E-state index in [9.17, 15) is 4.39 Å². The summed E-state index contributed by atoms with van der Waals surface area (Å²) >= 11 is 0. The molecule has 2 aromatic rings. The number of guanidine groups is 1.